The summed E-state index contributed by atoms with van der Waals surface area (Å²) in [5.41, 5.74) is 2.16. The van der Waals surface area contributed by atoms with Crippen LogP contribution in [0, 0.1) is 0 Å². The lowest BCUT2D eigenvalue weighted by atomic mass is 9.85. The second-order valence-corrected chi connectivity index (χ2v) is 9.25. The van der Waals surface area contributed by atoms with E-state index in [-0.39, 0.29) is 24.0 Å². The molecule has 1 atom stereocenters. The summed E-state index contributed by atoms with van der Waals surface area (Å²) in [5.74, 6) is -2.61. The van der Waals surface area contributed by atoms with E-state index >= 15 is 0 Å². The molecule has 0 amide bonds. The van der Waals surface area contributed by atoms with Crippen molar-refractivity contribution in [2.45, 2.75) is 24.4 Å². The molecule has 1 unspecified atom stereocenters. The van der Waals surface area contributed by atoms with Crippen molar-refractivity contribution in [1.29, 1.82) is 0 Å². The zero-order valence-electron chi connectivity index (χ0n) is 22.6. The molecule has 9 heteroatoms. The Bertz CT molecular complexity index is 1410. The molecule has 2 aliphatic heterocycles. The lowest BCUT2D eigenvalue weighted by molar-refractivity contribution is -0.188. The molecule has 40 heavy (non-hydrogen) atoms. The van der Waals surface area contributed by atoms with Crippen molar-refractivity contribution in [1.82, 2.24) is 0 Å². The first kappa shape index (κ1) is 27.0. The molecule has 1 N–H and O–H groups in total. The molecule has 0 radical (unpaired) electrons. The minimum Gasteiger partial charge on any atom is -0.497 e. The number of benzene rings is 3. The zero-order valence-corrected chi connectivity index (χ0v) is 22.6. The Morgan fingerprint density at radius 2 is 1.40 bits per heavy atom. The predicted octanol–water partition coefficient (Wildman–Crippen LogP) is 4.42. The van der Waals surface area contributed by atoms with Gasteiger partial charge in [0.25, 0.3) is 11.6 Å². The summed E-state index contributed by atoms with van der Waals surface area (Å²) < 4.78 is 39.6. The standard InChI is InChI=1S/C31H30O9/c1-34-23-12-10-22(11-13-23)31(33)24(16-21-17-25(35-2)28(37-4)26(18-21)36-3)27(29(32)40-31)30(38-14-15-39-30)19-20-8-6-5-7-9-20/h5-15,17-18,33H,16,19H2,1-4H3. The third kappa shape index (κ3) is 4.69. The highest BCUT2D eigenvalue weighted by Crippen LogP contribution is 2.49. The number of cyclic esters (lactones) is 1. The lowest BCUT2D eigenvalue weighted by Crippen LogP contribution is -2.38. The topological polar surface area (TPSA) is 102 Å². The van der Waals surface area contributed by atoms with Gasteiger partial charge in [0.2, 0.25) is 5.75 Å². The van der Waals surface area contributed by atoms with Gasteiger partial charge in [-0.3, -0.25) is 0 Å². The van der Waals surface area contributed by atoms with Gasteiger partial charge in [-0.05, 0) is 47.5 Å². The van der Waals surface area contributed by atoms with Crippen molar-refractivity contribution >= 4 is 5.97 Å². The number of aliphatic hydroxyl groups is 1. The van der Waals surface area contributed by atoms with Crippen LogP contribution in [0.3, 0.4) is 0 Å². The monoisotopic (exact) mass is 546 g/mol. The molecule has 9 nitrogen and oxygen atoms in total. The van der Waals surface area contributed by atoms with Crippen molar-refractivity contribution in [3.05, 3.63) is 107 Å². The summed E-state index contributed by atoms with van der Waals surface area (Å²) in [7, 11) is 6.09. The van der Waals surface area contributed by atoms with Crippen LogP contribution in [0.1, 0.15) is 16.7 Å². The van der Waals surface area contributed by atoms with E-state index in [4.69, 9.17) is 33.2 Å². The summed E-state index contributed by atoms with van der Waals surface area (Å²) in [5, 5.41) is 12.1. The number of ether oxygens (including phenoxy) is 7. The molecule has 2 heterocycles. The normalized spacial score (nSPS) is 19.1. The molecule has 3 aromatic rings. The summed E-state index contributed by atoms with van der Waals surface area (Å²) in [6.07, 6.45) is 3.00. The molecule has 0 saturated carbocycles. The van der Waals surface area contributed by atoms with Crippen molar-refractivity contribution in [2.75, 3.05) is 28.4 Å². The molecule has 5 rings (SSSR count). The number of rotatable bonds is 10. The van der Waals surface area contributed by atoms with Gasteiger partial charge in [0.05, 0.1) is 34.9 Å². The van der Waals surface area contributed by atoms with E-state index in [0.29, 0.717) is 34.1 Å². The van der Waals surface area contributed by atoms with Crippen molar-refractivity contribution in [3.63, 3.8) is 0 Å². The van der Waals surface area contributed by atoms with E-state index in [1.807, 2.05) is 30.3 Å². The highest BCUT2D eigenvalue weighted by molar-refractivity contribution is 5.95. The summed E-state index contributed by atoms with van der Waals surface area (Å²) >= 11 is 0. The van der Waals surface area contributed by atoms with Gasteiger partial charge in [0.1, 0.15) is 23.8 Å². The first-order valence-corrected chi connectivity index (χ1v) is 12.5. The maximum Gasteiger partial charge on any atom is 0.345 e. The number of carbonyl (C=O) groups excluding carboxylic acids is 1. The van der Waals surface area contributed by atoms with Crippen LogP contribution in [0.2, 0.25) is 0 Å². The molecule has 2 aliphatic rings. The molecule has 0 bridgehead atoms. The predicted molar refractivity (Wildman–Crippen MR) is 144 cm³/mol. The third-order valence-corrected chi connectivity index (χ3v) is 6.98. The first-order chi connectivity index (χ1) is 19.4. The average molecular weight is 547 g/mol. The number of carbonyl (C=O) groups is 1. The Kier molecular flexibility index (Phi) is 7.32. The zero-order chi connectivity index (χ0) is 28.3. The van der Waals surface area contributed by atoms with Crippen molar-refractivity contribution in [3.8, 4) is 23.0 Å². The summed E-state index contributed by atoms with van der Waals surface area (Å²) in [6.45, 7) is 0. The van der Waals surface area contributed by atoms with Crippen molar-refractivity contribution < 1.29 is 43.1 Å². The average Bonchev–Trinajstić information content (AvgIpc) is 3.55. The maximum atomic E-state index is 13.7. The minimum atomic E-state index is -2.13. The fraction of sp³-hybridized carbons (Fsp3) is 0.258. The second kappa shape index (κ2) is 10.9. The Morgan fingerprint density at radius 3 is 1.95 bits per heavy atom. The molecule has 0 fully saturated rings. The van der Waals surface area contributed by atoms with Crippen LogP contribution in [-0.4, -0.2) is 45.3 Å². The van der Waals surface area contributed by atoms with Gasteiger partial charge in [-0.2, -0.15) is 0 Å². The van der Waals surface area contributed by atoms with Crippen LogP contribution in [0.15, 0.2) is 90.4 Å². The van der Waals surface area contributed by atoms with Gasteiger partial charge in [-0.15, -0.1) is 0 Å². The fourth-order valence-corrected chi connectivity index (χ4v) is 5.08. The van der Waals surface area contributed by atoms with E-state index in [9.17, 15) is 9.90 Å². The largest absolute Gasteiger partial charge is 0.497 e. The van der Waals surface area contributed by atoms with E-state index in [1.54, 1.807) is 43.5 Å². The molecule has 0 aromatic heterocycles. The van der Waals surface area contributed by atoms with Crippen molar-refractivity contribution in [2.24, 2.45) is 0 Å². The maximum absolute atomic E-state index is 13.7. The van der Waals surface area contributed by atoms with Gasteiger partial charge in [-0.1, -0.05) is 30.3 Å². The Balaban J connectivity index is 1.70. The molecule has 0 saturated heterocycles. The first-order valence-electron chi connectivity index (χ1n) is 12.5. The Labute approximate surface area is 232 Å². The van der Waals surface area contributed by atoms with Crippen LogP contribution in [0.4, 0.5) is 0 Å². The number of hydrogen-bond acceptors (Lipinski definition) is 9. The van der Waals surface area contributed by atoms with E-state index in [2.05, 4.69) is 0 Å². The summed E-state index contributed by atoms with van der Waals surface area (Å²) in [6, 6.07) is 19.6. The van der Waals surface area contributed by atoms with Gasteiger partial charge >= 0.3 is 5.97 Å². The van der Waals surface area contributed by atoms with E-state index in [1.165, 1.54) is 33.9 Å². The molecule has 3 aromatic carbocycles. The van der Waals surface area contributed by atoms with Crippen LogP contribution in [0.25, 0.3) is 0 Å². The molecular formula is C31H30O9. The highest BCUT2D eigenvalue weighted by atomic mass is 16.7. The third-order valence-electron chi connectivity index (χ3n) is 6.98. The lowest BCUT2D eigenvalue weighted by Gasteiger charge is -2.29. The number of methoxy groups -OCH3 is 4. The second-order valence-electron chi connectivity index (χ2n) is 9.25. The van der Waals surface area contributed by atoms with E-state index in [0.717, 1.165) is 5.56 Å². The summed E-state index contributed by atoms with van der Waals surface area (Å²) in [4.78, 5) is 13.7. The fourth-order valence-electron chi connectivity index (χ4n) is 5.08. The van der Waals surface area contributed by atoms with Crippen LogP contribution in [-0.2, 0) is 37.6 Å². The van der Waals surface area contributed by atoms with Gasteiger partial charge in [0.15, 0.2) is 11.5 Å². The minimum absolute atomic E-state index is 0.0591. The van der Waals surface area contributed by atoms with Gasteiger partial charge in [-0.25, -0.2) is 4.79 Å². The SMILES string of the molecule is COc1ccc(C2(O)OC(=O)C(C3(Cc4ccccc4)OC=CO3)=C2Cc2cc(OC)c(OC)c(OC)c2)cc1. The Hall–Kier alpha value is -4.63. The van der Waals surface area contributed by atoms with Crippen LogP contribution in [0.5, 0.6) is 23.0 Å². The number of hydrogen-bond donors (Lipinski definition) is 1. The number of esters is 1. The highest BCUT2D eigenvalue weighted by Gasteiger charge is 2.57. The van der Waals surface area contributed by atoms with Gasteiger partial charge in [0, 0.05) is 17.6 Å². The van der Waals surface area contributed by atoms with Gasteiger partial charge < -0.3 is 38.3 Å². The molecule has 0 spiro atoms. The smallest absolute Gasteiger partial charge is 0.345 e. The molecule has 208 valence electrons. The quantitative estimate of drug-likeness (QED) is 0.370. The molecular weight excluding hydrogens is 516 g/mol. The van der Waals surface area contributed by atoms with Crippen LogP contribution >= 0.6 is 0 Å². The van der Waals surface area contributed by atoms with E-state index < -0.39 is 17.5 Å². The van der Waals surface area contributed by atoms with Crippen LogP contribution < -0.4 is 18.9 Å². The molecule has 0 aliphatic carbocycles. The Morgan fingerprint density at radius 1 is 0.775 bits per heavy atom.